The highest BCUT2D eigenvalue weighted by molar-refractivity contribution is 5.77. The Kier molecular flexibility index (Phi) is 5.81. The average molecular weight is 380 g/mol. The van der Waals surface area contributed by atoms with Crippen molar-refractivity contribution in [1.82, 2.24) is 9.80 Å². The normalized spacial score (nSPS) is 16.5. The van der Waals surface area contributed by atoms with E-state index in [0.29, 0.717) is 0 Å². The fourth-order valence-electron chi connectivity index (χ4n) is 3.84. The van der Waals surface area contributed by atoms with E-state index < -0.39 is 0 Å². The molecule has 0 aliphatic carbocycles. The van der Waals surface area contributed by atoms with Gasteiger partial charge in [-0.25, -0.2) is 0 Å². The van der Waals surface area contributed by atoms with Crippen LogP contribution in [0.15, 0.2) is 42.5 Å². The van der Waals surface area contributed by atoms with Gasteiger partial charge < -0.3 is 14.4 Å². The molecule has 1 amide bonds. The topological polar surface area (TPSA) is 42.0 Å². The molecular weight excluding hydrogens is 352 g/mol. The number of fused-ring (bicyclic) bond motifs is 1. The Bertz CT molecular complexity index is 828. The van der Waals surface area contributed by atoms with Crippen LogP contribution in [0.25, 0.3) is 0 Å². The van der Waals surface area contributed by atoms with Crippen LogP contribution in [0.2, 0.25) is 0 Å². The molecule has 2 aromatic rings. The fraction of sp³-hybridized carbons (Fsp3) is 0.435. The first kappa shape index (κ1) is 18.8. The molecule has 1 fully saturated rings. The third kappa shape index (κ3) is 4.47. The zero-order chi connectivity index (χ0) is 19.3. The summed E-state index contributed by atoms with van der Waals surface area (Å²) in [5, 5.41) is 0. The molecule has 2 aliphatic heterocycles. The van der Waals surface area contributed by atoms with Gasteiger partial charge >= 0.3 is 0 Å². The van der Waals surface area contributed by atoms with E-state index in [4.69, 9.17) is 9.47 Å². The first-order valence-electron chi connectivity index (χ1n) is 10.2. The molecule has 5 nitrogen and oxygen atoms in total. The lowest BCUT2D eigenvalue weighted by atomic mass is 10.1. The number of carbonyl (C=O) groups excluding carboxylic acids is 1. The van der Waals surface area contributed by atoms with Crippen molar-refractivity contribution < 1.29 is 14.3 Å². The minimum atomic E-state index is 0.0660. The van der Waals surface area contributed by atoms with Crippen LogP contribution in [0.1, 0.15) is 23.6 Å². The van der Waals surface area contributed by atoms with Crippen molar-refractivity contribution in [2.75, 3.05) is 39.4 Å². The van der Waals surface area contributed by atoms with E-state index in [1.165, 1.54) is 16.7 Å². The van der Waals surface area contributed by atoms with Crippen LogP contribution in [-0.2, 0) is 24.2 Å². The Balaban J connectivity index is 1.23. The van der Waals surface area contributed by atoms with Crippen LogP contribution >= 0.6 is 0 Å². The van der Waals surface area contributed by atoms with Crippen molar-refractivity contribution in [1.29, 1.82) is 0 Å². The highest BCUT2D eigenvalue weighted by Crippen LogP contribution is 2.26. The van der Waals surface area contributed by atoms with Crippen molar-refractivity contribution in [2.24, 2.45) is 0 Å². The molecule has 2 heterocycles. The van der Waals surface area contributed by atoms with Gasteiger partial charge in [0, 0.05) is 39.1 Å². The van der Waals surface area contributed by atoms with Gasteiger partial charge in [0.25, 0.3) is 5.91 Å². The van der Waals surface area contributed by atoms with E-state index in [2.05, 4.69) is 36.1 Å². The van der Waals surface area contributed by atoms with E-state index >= 15 is 0 Å². The first-order valence-corrected chi connectivity index (χ1v) is 10.2. The van der Waals surface area contributed by atoms with Gasteiger partial charge in [-0.05, 0) is 41.3 Å². The Labute approximate surface area is 166 Å². The lowest BCUT2D eigenvalue weighted by Crippen LogP contribution is -2.49. The van der Waals surface area contributed by atoms with Crippen molar-refractivity contribution >= 4 is 5.91 Å². The van der Waals surface area contributed by atoms with Gasteiger partial charge in [0.1, 0.15) is 11.5 Å². The predicted molar refractivity (Wildman–Crippen MR) is 109 cm³/mol. The van der Waals surface area contributed by atoms with Crippen molar-refractivity contribution in [3.05, 3.63) is 59.2 Å². The molecule has 0 saturated carbocycles. The zero-order valence-corrected chi connectivity index (χ0v) is 16.5. The molecule has 0 aromatic heterocycles. The number of nitrogens with zero attached hydrogens (tertiary/aromatic N) is 2. The molecule has 0 spiro atoms. The van der Waals surface area contributed by atoms with Crippen LogP contribution in [0.5, 0.6) is 11.5 Å². The molecule has 2 aliphatic rings. The van der Waals surface area contributed by atoms with Crippen molar-refractivity contribution in [2.45, 2.75) is 26.3 Å². The van der Waals surface area contributed by atoms with Gasteiger partial charge in [0.05, 0.1) is 6.61 Å². The maximum absolute atomic E-state index is 12.5. The minimum Gasteiger partial charge on any atom is -0.493 e. The molecule has 148 valence electrons. The van der Waals surface area contributed by atoms with E-state index in [0.717, 1.165) is 63.7 Å². The number of rotatable bonds is 6. The average Bonchev–Trinajstić information content (AvgIpc) is 3.20. The van der Waals surface area contributed by atoms with Gasteiger partial charge in [0.15, 0.2) is 6.61 Å². The molecule has 0 unspecified atom stereocenters. The van der Waals surface area contributed by atoms with Crippen LogP contribution < -0.4 is 9.47 Å². The third-order valence-electron chi connectivity index (χ3n) is 5.55. The summed E-state index contributed by atoms with van der Waals surface area (Å²) in [6, 6.07) is 14.5. The number of hydrogen-bond donors (Lipinski definition) is 0. The van der Waals surface area contributed by atoms with E-state index in [9.17, 15) is 4.79 Å². The Morgan fingerprint density at radius 1 is 1.07 bits per heavy atom. The lowest BCUT2D eigenvalue weighted by Gasteiger charge is -2.34. The summed E-state index contributed by atoms with van der Waals surface area (Å²) in [5.41, 5.74) is 3.86. The quantitative estimate of drug-likeness (QED) is 0.773. The fourth-order valence-corrected chi connectivity index (χ4v) is 3.84. The monoisotopic (exact) mass is 380 g/mol. The van der Waals surface area contributed by atoms with Gasteiger partial charge in [-0.1, -0.05) is 31.2 Å². The summed E-state index contributed by atoms with van der Waals surface area (Å²) in [6.45, 7) is 7.24. The molecule has 5 heteroatoms. The number of piperazine rings is 1. The van der Waals surface area contributed by atoms with E-state index in [1.54, 1.807) is 0 Å². The van der Waals surface area contributed by atoms with Gasteiger partial charge in [-0.15, -0.1) is 0 Å². The molecule has 0 bridgehead atoms. The van der Waals surface area contributed by atoms with Crippen molar-refractivity contribution in [3.8, 4) is 11.5 Å². The van der Waals surface area contributed by atoms with Crippen molar-refractivity contribution in [3.63, 3.8) is 0 Å². The second kappa shape index (κ2) is 8.65. The smallest absolute Gasteiger partial charge is 0.260 e. The Morgan fingerprint density at radius 3 is 2.75 bits per heavy atom. The minimum absolute atomic E-state index is 0.0660. The summed E-state index contributed by atoms with van der Waals surface area (Å²) in [5.74, 6) is 1.87. The maximum atomic E-state index is 12.5. The number of hydrogen-bond acceptors (Lipinski definition) is 4. The standard InChI is InChI=1S/C23H28N2O3/c1-2-18-4-3-5-21(15-18)28-17-23(26)25-11-9-24(10-12-25)16-19-6-7-22-20(14-19)8-13-27-22/h3-7,14-15H,2,8-13,16-17H2,1H3. The van der Waals surface area contributed by atoms with Gasteiger partial charge in [-0.2, -0.15) is 0 Å². The summed E-state index contributed by atoms with van der Waals surface area (Å²) in [7, 11) is 0. The first-order chi connectivity index (χ1) is 13.7. The number of benzene rings is 2. The lowest BCUT2D eigenvalue weighted by molar-refractivity contribution is -0.135. The van der Waals surface area contributed by atoms with E-state index in [1.807, 2.05) is 23.1 Å². The maximum Gasteiger partial charge on any atom is 0.260 e. The second-order valence-corrected chi connectivity index (χ2v) is 7.49. The largest absolute Gasteiger partial charge is 0.493 e. The predicted octanol–water partition coefficient (Wildman–Crippen LogP) is 2.91. The van der Waals surface area contributed by atoms with Gasteiger partial charge in [0.2, 0.25) is 0 Å². The van der Waals surface area contributed by atoms with E-state index in [-0.39, 0.29) is 12.5 Å². The highest BCUT2D eigenvalue weighted by Gasteiger charge is 2.22. The highest BCUT2D eigenvalue weighted by atomic mass is 16.5. The zero-order valence-electron chi connectivity index (χ0n) is 16.5. The molecule has 0 radical (unpaired) electrons. The number of aryl methyl sites for hydroxylation is 1. The van der Waals surface area contributed by atoms with Crippen LogP contribution in [0.3, 0.4) is 0 Å². The molecular formula is C23H28N2O3. The molecule has 1 saturated heterocycles. The summed E-state index contributed by atoms with van der Waals surface area (Å²) in [6.07, 6.45) is 1.97. The second-order valence-electron chi connectivity index (χ2n) is 7.49. The SMILES string of the molecule is CCc1cccc(OCC(=O)N2CCN(Cc3ccc4c(c3)CCO4)CC2)c1. The number of carbonyl (C=O) groups is 1. The molecule has 0 N–H and O–H groups in total. The Hall–Kier alpha value is -2.53. The summed E-state index contributed by atoms with van der Waals surface area (Å²) in [4.78, 5) is 16.8. The summed E-state index contributed by atoms with van der Waals surface area (Å²) >= 11 is 0. The van der Waals surface area contributed by atoms with Crippen LogP contribution in [0, 0.1) is 0 Å². The molecule has 0 atom stereocenters. The molecule has 28 heavy (non-hydrogen) atoms. The number of amides is 1. The van der Waals surface area contributed by atoms with Crippen LogP contribution in [-0.4, -0.2) is 55.1 Å². The third-order valence-corrected chi connectivity index (χ3v) is 5.55. The molecule has 4 rings (SSSR count). The Morgan fingerprint density at radius 2 is 1.93 bits per heavy atom. The molecule has 2 aromatic carbocycles. The summed E-state index contributed by atoms with van der Waals surface area (Å²) < 4.78 is 11.3. The van der Waals surface area contributed by atoms with Gasteiger partial charge in [-0.3, -0.25) is 9.69 Å². The number of ether oxygens (including phenoxy) is 2. The van der Waals surface area contributed by atoms with Crippen LogP contribution in [0.4, 0.5) is 0 Å².